The molecule has 2 aromatic rings. The summed E-state index contributed by atoms with van der Waals surface area (Å²) in [5.74, 6) is 1.52. The lowest BCUT2D eigenvalue weighted by molar-refractivity contribution is -0.0537. The van der Waals surface area contributed by atoms with E-state index in [0.29, 0.717) is 35.2 Å². The zero-order valence-electron chi connectivity index (χ0n) is 18.8. The van der Waals surface area contributed by atoms with Gasteiger partial charge in [-0.05, 0) is 42.7 Å². The molecule has 180 valence electrons. The number of nitrogens with zero attached hydrogens (tertiary/aromatic N) is 2. The Kier molecular flexibility index (Phi) is 8.74. The molecule has 6 nitrogen and oxygen atoms in total. The number of benzene rings is 2. The standard InChI is InChI=1S/C25H32Cl2N2O4/c26-23-5-4-22(17-24(23)27)33-19-25(30)6-8-29(9-7-25)18-20-2-1-3-21(16-20)32-15-12-28-10-13-31-14-11-28/h1-5,16-17,30H,6-15,18-19H2. The highest BCUT2D eigenvalue weighted by molar-refractivity contribution is 6.42. The third-order valence-electron chi connectivity index (χ3n) is 6.27. The third kappa shape index (κ3) is 7.47. The highest BCUT2D eigenvalue weighted by Crippen LogP contribution is 2.29. The highest BCUT2D eigenvalue weighted by Gasteiger charge is 2.33. The Balaban J connectivity index is 1.20. The van der Waals surface area contributed by atoms with Crippen molar-refractivity contribution in [1.82, 2.24) is 9.80 Å². The normalized spacial score (nSPS) is 19.4. The largest absolute Gasteiger partial charge is 0.492 e. The highest BCUT2D eigenvalue weighted by atomic mass is 35.5. The molecule has 4 rings (SSSR count). The van der Waals surface area contributed by atoms with E-state index in [1.54, 1.807) is 18.2 Å². The number of aliphatic hydroxyl groups is 1. The molecule has 2 aliphatic heterocycles. The minimum Gasteiger partial charge on any atom is -0.492 e. The molecule has 2 saturated heterocycles. The van der Waals surface area contributed by atoms with E-state index < -0.39 is 5.60 Å². The second-order valence-electron chi connectivity index (χ2n) is 8.81. The molecule has 8 heteroatoms. The maximum absolute atomic E-state index is 10.9. The topological polar surface area (TPSA) is 54.4 Å². The number of hydrogen-bond acceptors (Lipinski definition) is 6. The van der Waals surface area contributed by atoms with Crippen molar-refractivity contribution in [3.8, 4) is 11.5 Å². The van der Waals surface area contributed by atoms with Crippen LogP contribution in [0.3, 0.4) is 0 Å². The molecule has 0 radical (unpaired) electrons. The maximum Gasteiger partial charge on any atom is 0.121 e. The van der Waals surface area contributed by atoms with Crippen molar-refractivity contribution in [3.63, 3.8) is 0 Å². The first-order valence-electron chi connectivity index (χ1n) is 11.5. The van der Waals surface area contributed by atoms with E-state index in [1.165, 1.54) is 5.56 Å². The van der Waals surface area contributed by atoms with Gasteiger partial charge in [0.25, 0.3) is 0 Å². The van der Waals surface area contributed by atoms with E-state index >= 15 is 0 Å². The van der Waals surface area contributed by atoms with Crippen LogP contribution in [0.15, 0.2) is 42.5 Å². The molecule has 0 aromatic heterocycles. The summed E-state index contributed by atoms with van der Waals surface area (Å²) >= 11 is 12.0. The van der Waals surface area contributed by atoms with Gasteiger partial charge in [-0.25, -0.2) is 0 Å². The van der Waals surface area contributed by atoms with E-state index in [9.17, 15) is 5.11 Å². The van der Waals surface area contributed by atoms with Crippen LogP contribution in [0.5, 0.6) is 11.5 Å². The predicted molar refractivity (Wildman–Crippen MR) is 131 cm³/mol. The molecule has 0 amide bonds. The van der Waals surface area contributed by atoms with Gasteiger partial charge >= 0.3 is 0 Å². The van der Waals surface area contributed by atoms with E-state index in [2.05, 4.69) is 21.9 Å². The van der Waals surface area contributed by atoms with Crippen LogP contribution in [0.4, 0.5) is 0 Å². The summed E-state index contributed by atoms with van der Waals surface area (Å²) in [6, 6.07) is 13.5. The molecule has 0 atom stereocenters. The lowest BCUT2D eigenvalue weighted by Gasteiger charge is -2.38. The maximum atomic E-state index is 10.9. The lowest BCUT2D eigenvalue weighted by Crippen LogP contribution is -2.47. The zero-order chi connectivity index (χ0) is 23.1. The van der Waals surface area contributed by atoms with E-state index in [-0.39, 0.29) is 6.61 Å². The van der Waals surface area contributed by atoms with Gasteiger partial charge in [0, 0.05) is 45.3 Å². The Labute approximate surface area is 205 Å². The molecule has 33 heavy (non-hydrogen) atoms. The number of ether oxygens (including phenoxy) is 3. The van der Waals surface area contributed by atoms with Crippen LogP contribution in [-0.2, 0) is 11.3 Å². The van der Waals surface area contributed by atoms with Crippen LogP contribution in [0.1, 0.15) is 18.4 Å². The second-order valence-corrected chi connectivity index (χ2v) is 9.63. The van der Waals surface area contributed by atoms with Crippen molar-refractivity contribution in [2.75, 3.05) is 59.2 Å². The van der Waals surface area contributed by atoms with Crippen LogP contribution < -0.4 is 9.47 Å². The van der Waals surface area contributed by atoms with E-state index in [1.807, 2.05) is 12.1 Å². The van der Waals surface area contributed by atoms with Gasteiger partial charge in [0.1, 0.15) is 30.3 Å². The fourth-order valence-corrected chi connectivity index (χ4v) is 4.45. The average molecular weight is 495 g/mol. The first-order valence-corrected chi connectivity index (χ1v) is 12.3. The Hall–Kier alpha value is -1.54. The van der Waals surface area contributed by atoms with Crippen molar-refractivity contribution in [3.05, 3.63) is 58.1 Å². The Morgan fingerprint density at radius 2 is 1.64 bits per heavy atom. The van der Waals surface area contributed by atoms with Gasteiger partial charge in [0.15, 0.2) is 0 Å². The lowest BCUT2D eigenvalue weighted by atomic mass is 9.92. The van der Waals surface area contributed by atoms with Gasteiger partial charge in [-0.3, -0.25) is 9.80 Å². The second kappa shape index (κ2) is 11.7. The third-order valence-corrected chi connectivity index (χ3v) is 7.01. The number of likely N-dealkylation sites (tertiary alicyclic amines) is 1. The summed E-state index contributed by atoms with van der Waals surface area (Å²) in [5.41, 5.74) is 0.379. The van der Waals surface area contributed by atoms with Crippen molar-refractivity contribution in [2.45, 2.75) is 25.0 Å². The molecule has 2 aliphatic rings. The number of halogens is 2. The Morgan fingerprint density at radius 1 is 0.879 bits per heavy atom. The number of rotatable bonds is 9. The molecule has 0 unspecified atom stereocenters. The van der Waals surface area contributed by atoms with Crippen molar-refractivity contribution >= 4 is 23.2 Å². The first-order chi connectivity index (χ1) is 16.0. The van der Waals surface area contributed by atoms with Crippen molar-refractivity contribution in [1.29, 1.82) is 0 Å². The van der Waals surface area contributed by atoms with Crippen LogP contribution in [0, 0.1) is 0 Å². The summed E-state index contributed by atoms with van der Waals surface area (Å²) in [4.78, 5) is 4.73. The van der Waals surface area contributed by atoms with Crippen LogP contribution in [0.2, 0.25) is 10.0 Å². The number of piperidine rings is 1. The molecule has 0 saturated carbocycles. The van der Waals surface area contributed by atoms with E-state index in [4.69, 9.17) is 37.4 Å². The Morgan fingerprint density at radius 3 is 2.39 bits per heavy atom. The monoisotopic (exact) mass is 494 g/mol. The van der Waals surface area contributed by atoms with Gasteiger partial charge in [0.05, 0.1) is 23.3 Å². The molecule has 2 aromatic carbocycles. The van der Waals surface area contributed by atoms with Gasteiger partial charge in [-0.1, -0.05) is 35.3 Å². The molecule has 0 bridgehead atoms. The summed E-state index contributed by atoms with van der Waals surface area (Å²) in [5, 5.41) is 11.9. The zero-order valence-corrected chi connectivity index (χ0v) is 20.4. The fraction of sp³-hybridized carbons (Fsp3) is 0.520. The predicted octanol–water partition coefficient (Wildman–Crippen LogP) is 4.11. The molecule has 2 fully saturated rings. The number of hydrogen-bond donors (Lipinski definition) is 1. The SMILES string of the molecule is OC1(COc2ccc(Cl)c(Cl)c2)CCN(Cc2cccc(OCCN3CCOCC3)c2)CC1. The minimum atomic E-state index is -0.840. The van der Waals surface area contributed by atoms with Gasteiger partial charge < -0.3 is 19.3 Å². The minimum absolute atomic E-state index is 0.241. The van der Waals surface area contributed by atoms with E-state index in [0.717, 1.165) is 58.2 Å². The average Bonchev–Trinajstić information content (AvgIpc) is 2.83. The molecule has 0 spiro atoms. The molecular weight excluding hydrogens is 463 g/mol. The summed E-state index contributed by atoms with van der Waals surface area (Å²) < 4.78 is 17.2. The van der Waals surface area contributed by atoms with Crippen LogP contribution in [0.25, 0.3) is 0 Å². The fourth-order valence-electron chi connectivity index (χ4n) is 4.17. The van der Waals surface area contributed by atoms with Crippen LogP contribution in [-0.4, -0.2) is 79.7 Å². The number of morpholine rings is 1. The van der Waals surface area contributed by atoms with Gasteiger partial charge in [-0.15, -0.1) is 0 Å². The molecular formula is C25H32Cl2N2O4. The van der Waals surface area contributed by atoms with Gasteiger partial charge in [-0.2, -0.15) is 0 Å². The molecule has 0 aliphatic carbocycles. The van der Waals surface area contributed by atoms with Crippen molar-refractivity contribution < 1.29 is 19.3 Å². The smallest absolute Gasteiger partial charge is 0.121 e. The quantitative estimate of drug-likeness (QED) is 0.565. The molecule has 1 N–H and O–H groups in total. The summed E-state index contributed by atoms with van der Waals surface area (Å²) in [6.45, 7) is 7.86. The summed E-state index contributed by atoms with van der Waals surface area (Å²) in [7, 11) is 0. The summed E-state index contributed by atoms with van der Waals surface area (Å²) in [6.07, 6.45) is 1.31. The Bertz CT molecular complexity index is 900. The van der Waals surface area contributed by atoms with Gasteiger partial charge in [0.2, 0.25) is 0 Å². The first kappa shape index (κ1) is 24.6. The van der Waals surface area contributed by atoms with Crippen molar-refractivity contribution in [2.24, 2.45) is 0 Å². The molecule has 2 heterocycles. The van der Waals surface area contributed by atoms with Crippen LogP contribution >= 0.6 is 23.2 Å².